The van der Waals surface area contributed by atoms with Crippen LogP contribution in [0, 0.1) is 20.8 Å². The van der Waals surface area contributed by atoms with E-state index >= 15 is 0 Å². The molecule has 2 aromatic heterocycles. The van der Waals surface area contributed by atoms with Crippen LogP contribution in [0.3, 0.4) is 0 Å². The molecule has 134 valence electrons. The Kier molecular flexibility index (Phi) is 5.01. The maximum atomic E-state index is 12.5. The van der Waals surface area contributed by atoms with Crippen LogP contribution in [0.5, 0.6) is 0 Å². The third-order valence-electron chi connectivity index (χ3n) is 4.54. The van der Waals surface area contributed by atoms with Gasteiger partial charge in [-0.2, -0.15) is 5.10 Å². The molecule has 1 amide bonds. The van der Waals surface area contributed by atoms with Crippen molar-refractivity contribution < 1.29 is 4.79 Å². The lowest BCUT2D eigenvalue weighted by atomic mass is 10.0. The highest BCUT2D eigenvalue weighted by Gasteiger charge is 2.23. The number of amides is 1. The highest BCUT2D eigenvalue weighted by atomic mass is 16.2. The molecule has 7 heteroatoms. The van der Waals surface area contributed by atoms with Gasteiger partial charge in [0.1, 0.15) is 17.3 Å². The van der Waals surface area contributed by atoms with Gasteiger partial charge in [0.25, 0.3) is 5.91 Å². The maximum absolute atomic E-state index is 12.5. The van der Waals surface area contributed by atoms with Crippen molar-refractivity contribution in [1.82, 2.24) is 25.1 Å². The maximum Gasteiger partial charge on any atom is 0.269 e. The predicted molar refractivity (Wildman–Crippen MR) is 96.8 cm³/mol. The van der Waals surface area contributed by atoms with Crippen LogP contribution in [0.15, 0.2) is 12.1 Å². The van der Waals surface area contributed by atoms with Crippen LogP contribution < -0.4 is 10.2 Å². The molecule has 0 spiro atoms. The van der Waals surface area contributed by atoms with Crippen LogP contribution >= 0.6 is 0 Å². The Bertz CT molecular complexity index is 741. The fourth-order valence-corrected chi connectivity index (χ4v) is 3.34. The number of hydrogen-bond acceptors (Lipinski definition) is 5. The van der Waals surface area contributed by atoms with E-state index in [1.165, 1.54) is 0 Å². The van der Waals surface area contributed by atoms with Crippen molar-refractivity contribution in [3.05, 3.63) is 35.0 Å². The predicted octanol–water partition coefficient (Wildman–Crippen LogP) is 2.02. The number of aromatic nitrogens is 4. The topological polar surface area (TPSA) is 75.9 Å². The van der Waals surface area contributed by atoms with E-state index in [4.69, 9.17) is 0 Å². The SMILES string of the molecule is CCn1nc(C)cc1C(=O)NC1CCN(c2cc(C)nc(C)n2)CC1. The van der Waals surface area contributed by atoms with Crippen molar-refractivity contribution >= 4 is 11.7 Å². The lowest BCUT2D eigenvalue weighted by Gasteiger charge is -2.33. The Morgan fingerprint density at radius 2 is 1.88 bits per heavy atom. The van der Waals surface area contributed by atoms with Crippen LogP contribution in [0.4, 0.5) is 5.82 Å². The Morgan fingerprint density at radius 3 is 2.52 bits per heavy atom. The minimum atomic E-state index is -0.0328. The van der Waals surface area contributed by atoms with Gasteiger partial charge in [0.05, 0.1) is 5.69 Å². The summed E-state index contributed by atoms with van der Waals surface area (Å²) in [6.45, 7) is 10.3. The first kappa shape index (κ1) is 17.4. The van der Waals surface area contributed by atoms with E-state index in [1.54, 1.807) is 4.68 Å². The van der Waals surface area contributed by atoms with E-state index in [0.717, 1.165) is 49.0 Å². The van der Waals surface area contributed by atoms with E-state index in [2.05, 4.69) is 25.3 Å². The van der Waals surface area contributed by atoms with Gasteiger partial charge in [0.15, 0.2) is 0 Å². The average molecular weight is 342 g/mol. The Hall–Kier alpha value is -2.44. The Morgan fingerprint density at radius 1 is 1.16 bits per heavy atom. The number of carbonyl (C=O) groups is 1. The highest BCUT2D eigenvalue weighted by Crippen LogP contribution is 2.19. The molecule has 7 nitrogen and oxygen atoms in total. The Balaban J connectivity index is 1.59. The van der Waals surface area contributed by atoms with E-state index in [1.807, 2.05) is 39.8 Å². The number of aryl methyl sites for hydroxylation is 4. The molecule has 0 radical (unpaired) electrons. The van der Waals surface area contributed by atoms with Crippen molar-refractivity contribution in [2.24, 2.45) is 0 Å². The first-order valence-electron chi connectivity index (χ1n) is 8.89. The summed E-state index contributed by atoms with van der Waals surface area (Å²) in [4.78, 5) is 23.7. The molecule has 0 unspecified atom stereocenters. The molecule has 1 saturated heterocycles. The van der Waals surface area contributed by atoms with Crippen molar-refractivity contribution in [2.45, 2.75) is 53.1 Å². The molecule has 0 atom stereocenters. The average Bonchev–Trinajstić information content (AvgIpc) is 2.96. The van der Waals surface area contributed by atoms with E-state index < -0.39 is 0 Å². The van der Waals surface area contributed by atoms with Crippen LogP contribution in [-0.2, 0) is 6.54 Å². The fourth-order valence-electron chi connectivity index (χ4n) is 3.34. The van der Waals surface area contributed by atoms with Crippen LogP contribution in [0.25, 0.3) is 0 Å². The monoisotopic (exact) mass is 342 g/mol. The summed E-state index contributed by atoms with van der Waals surface area (Å²) in [5.74, 6) is 1.75. The number of carbonyl (C=O) groups excluding carboxylic acids is 1. The summed E-state index contributed by atoms with van der Waals surface area (Å²) < 4.78 is 1.76. The number of nitrogens with zero attached hydrogens (tertiary/aromatic N) is 5. The second kappa shape index (κ2) is 7.21. The highest BCUT2D eigenvalue weighted by molar-refractivity contribution is 5.92. The molecule has 25 heavy (non-hydrogen) atoms. The van der Waals surface area contributed by atoms with E-state index in [0.29, 0.717) is 12.2 Å². The summed E-state index contributed by atoms with van der Waals surface area (Å²) in [5.41, 5.74) is 2.50. The van der Waals surface area contributed by atoms with E-state index in [-0.39, 0.29) is 11.9 Å². The third-order valence-corrected chi connectivity index (χ3v) is 4.54. The normalized spacial score (nSPS) is 15.4. The number of hydrogen-bond donors (Lipinski definition) is 1. The van der Waals surface area contributed by atoms with Crippen LogP contribution in [0.1, 0.15) is 47.5 Å². The summed E-state index contributed by atoms with van der Waals surface area (Å²) in [5, 5.41) is 7.50. The van der Waals surface area contributed by atoms with Gasteiger partial charge >= 0.3 is 0 Å². The molecule has 0 bridgehead atoms. The molecule has 3 heterocycles. The van der Waals surface area contributed by atoms with Crippen LogP contribution in [-0.4, -0.2) is 44.8 Å². The van der Waals surface area contributed by atoms with Gasteiger partial charge in [-0.3, -0.25) is 9.48 Å². The molecule has 1 aliphatic heterocycles. The molecule has 1 aliphatic rings. The zero-order valence-corrected chi connectivity index (χ0v) is 15.4. The van der Waals surface area contributed by atoms with Crippen molar-refractivity contribution in [1.29, 1.82) is 0 Å². The zero-order chi connectivity index (χ0) is 18.0. The number of anilines is 1. The smallest absolute Gasteiger partial charge is 0.269 e. The number of piperidine rings is 1. The summed E-state index contributed by atoms with van der Waals surface area (Å²) in [6.07, 6.45) is 1.82. The molecular formula is C18H26N6O. The molecule has 0 aliphatic carbocycles. The Labute approximate surface area is 148 Å². The minimum absolute atomic E-state index is 0.0328. The lowest BCUT2D eigenvalue weighted by molar-refractivity contribution is 0.0920. The standard InChI is InChI=1S/C18H26N6O/c1-5-24-16(10-13(3)22-24)18(25)21-15-6-8-23(9-7-15)17-11-12(2)19-14(4)20-17/h10-11,15H,5-9H2,1-4H3,(H,21,25). The van der Waals surface area contributed by atoms with Gasteiger partial charge in [0, 0.05) is 37.4 Å². The van der Waals surface area contributed by atoms with Crippen molar-refractivity contribution in [2.75, 3.05) is 18.0 Å². The molecule has 0 saturated carbocycles. The summed E-state index contributed by atoms with van der Waals surface area (Å²) in [6, 6.07) is 4.06. The summed E-state index contributed by atoms with van der Waals surface area (Å²) in [7, 11) is 0. The zero-order valence-electron chi connectivity index (χ0n) is 15.4. The first-order valence-corrected chi connectivity index (χ1v) is 8.89. The fraction of sp³-hybridized carbons (Fsp3) is 0.556. The lowest BCUT2D eigenvalue weighted by Crippen LogP contribution is -2.45. The second-order valence-corrected chi connectivity index (χ2v) is 6.64. The molecule has 1 N–H and O–H groups in total. The first-order chi connectivity index (χ1) is 12.0. The summed E-state index contributed by atoms with van der Waals surface area (Å²) >= 11 is 0. The van der Waals surface area contributed by atoms with Gasteiger partial charge < -0.3 is 10.2 Å². The molecule has 1 fully saturated rings. The number of nitrogens with one attached hydrogen (secondary N) is 1. The quantitative estimate of drug-likeness (QED) is 0.920. The van der Waals surface area contributed by atoms with Gasteiger partial charge in [-0.05, 0) is 46.6 Å². The van der Waals surface area contributed by atoms with Crippen molar-refractivity contribution in [3.8, 4) is 0 Å². The van der Waals surface area contributed by atoms with Gasteiger partial charge in [-0.15, -0.1) is 0 Å². The number of rotatable bonds is 4. The second-order valence-electron chi connectivity index (χ2n) is 6.64. The largest absolute Gasteiger partial charge is 0.356 e. The molecular weight excluding hydrogens is 316 g/mol. The van der Waals surface area contributed by atoms with Gasteiger partial charge in [-0.25, -0.2) is 9.97 Å². The third kappa shape index (κ3) is 3.97. The molecule has 0 aromatic carbocycles. The van der Waals surface area contributed by atoms with Gasteiger partial charge in [-0.1, -0.05) is 0 Å². The molecule has 2 aromatic rings. The van der Waals surface area contributed by atoms with E-state index in [9.17, 15) is 4.79 Å². The molecule has 3 rings (SSSR count). The van der Waals surface area contributed by atoms with Gasteiger partial charge in [0.2, 0.25) is 0 Å². The van der Waals surface area contributed by atoms with Crippen LogP contribution in [0.2, 0.25) is 0 Å². The minimum Gasteiger partial charge on any atom is -0.356 e. The van der Waals surface area contributed by atoms with Crippen molar-refractivity contribution in [3.63, 3.8) is 0 Å².